The molecule has 106 valence electrons. The fourth-order valence-electron chi connectivity index (χ4n) is 2.26. The van der Waals surface area contributed by atoms with E-state index in [9.17, 15) is 5.11 Å². The third kappa shape index (κ3) is 3.09. The van der Waals surface area contributed by atoms with Crippen molar-refractivity contribution in [2.75, 3.05) is 7.11 Å². The molecule has 2 aromatic rings. The molecule has 0 spiro atoms. The van der Waals surface area contributed by atoms with E-state index in [-0.39, 0.29) is 0 Å². The van der Waals surface area contributed by atoms with Crippen LogP contribution < -0.4 is 4.74 Å². The highest BCUT2D eigenvalue weighted by Crippen LogP contribution is 2.36. The quantitative estimate of drug-likeness (QED) is 0.890. The summed E-state index contributed by atoms with van der Waals surface area (Å²) in [6, 6.07) is 9.19. The van der Waals surface area contributed by atoms with Gasteiger partial charge in [0.1, 0.15) is 11.9 Å². The summed E-state index contributed by atoms with van der Waals surface area (Å²) in [6.45, 7) is 3.98. The van der Waals surface area contributed by atoms with Gasteiger partial charge in [0.05, 0.1) is 17.2 Å². The van der Waals surface area contributed by atoms with Gasteiger partial charge in [-0.15, -0.1) is 0 Å². The minimum absolute atomic E-state index is 0.426. The lowest BCUT2D eigenvalue weighted by Gasteiger charge is -2.16. The summed E-state index contributed by atoms with van der Waals surface area (Å²) < 4.78 is 5.11. The van der Waals surface area contributed by atoms with Gasteiger partial charge in [0.25, 0.3) is 0 Å². The Balaban J connectivity index is 2.47. The summed E-state index contributed by atoms with van der Waals surface area (Å²) in [5, 5.41) is 11.4. The second-order valence-electron chi connectivity index (χ2n) is 4.83. The summed E-state index contributed by atoms with van der Waals surface area (Å²) in [6.07, 6.45) is -0.815. The van der Waals surface area contributed by atoms with E-state index in [1.165, 1.54) is 7.11 Å². The highest BCUT2D eigenvalue weighted by atomic mass is 35.5. The molecule has 4 heteroatoms. The van der Waals surface area contributed by atoms with Crippen molar-refractivity contribution in [3.8, 4) is 5.75 Å². The molecule has 0 fully saturated rings. The Hall–Kier alpha value is -1.22. The molecule has 0 saturated carbocycles. The topological polar surface area (TPSA) is 29.5 Å². The van der Waals surface area contributed by atoms with Crippen LogP contribution in [0, 0.1) is 13.8 Å². The van der Waals surface area contributed by atoms with Crippen LogP contribution in [0.4, 0.5) is 0 Å². The van der Waals surface area contributed by atoms with Crippen LogP contribution in [0.3, 0.4) is 0 Å². The standard InChI is InChI=1S/C16H16Cl2O2/c1-9-4-10(2)6-11(5-9)16(19)12-7-14(18)15(20-3)8-13(12)17/h4-8,16,19H,1-3H3. The van der Waals surface area contributed by atoms with E-state index in [1.54, 1.807) is 12.1 Å². The third-order valence-electron chi connectivity index (χ3n) is 3.13. The fourth-order valence-corrected chi connectivity index (χ4v) is 2.76. The lowest BCUT2D eigenvalue weighted by molar-refractivity contribution is 0.220. The molecule has 2 nitrogen and oxygen atoms in total. The Kier molecular flexibility index (Phi) is 4.59. The first-order chi connectivity index (χ1) is 9.42. The van der Waals surface area contributed by atoms with E-state index in [1.807, 2.05) is 26.0 Å². The first-order valence-corrected chi connectivity index (χ1v) is 6.97. The van der Waals surface area contributed by atoms with Crippen molar-refractivity contribution in [2.24, 2.45) is 0 Å². The molecule has 1 atom stereocenters. The third-order valence-corrected chi connectivity index (χ3v) is 3.75. The summed E-state index contributed by atoms with van der Waals surface area (Å²) in [4.78, 5) is 0. The number of benzene rings is 2. The van der Waals surface area contributed by atoms with Crippen molar-refractivity contribution >= 4 is 23.2 Å². The zero-order chi connectivity index (χ0) is 14.9. The van der Waals surface area contributed by atoms with E-state index in [0.29, 0.717) is 21.4 Å². The lowest BCUT2D eigenvalue weighted by atomic mass is 9.98. The zero-order valence-corrected chi connectivity index (χ0v) is 13.1. The van der Waals surface area contributed by atoms with Crippen LogP contribution in [0.2, 0.25) is 10.0 Å². The van der Waals surface area contributed by atoms with Gasteiger partial charge in [0.2, 0.25) is 0 Å². The predicted octanol–water partition coefficient (Wildman–Crippen LogP) is 4.70. The molecule has 0 aromatic heterocycles. The number of aryl methyl sites for hydroxylation is 2. The Morgan fingerprint density at radius 2 is 1.55 bits per heavy atom. The van der Waals surface area contributed by atoms with Gasteiger partial charge in [-0.05, 0) is 25.5 Å². The zero-order valence-electron chi connectivity index (χ0n) is 11.6. The molecule has 2 aromatic carbocycles. The molecule has 20 heavy (non-hydrogen) atoms. The van der Waals surface area contributed by atoms with Crippen LogP contribution in [-0.2, 0) is 0 Å². The maximum atomic E-state index is 10.5. The van der Waals surface area contributed by atoms with E-state index >= 15 is 0 Å². The van der Waals surface area contributed by atoms with Gasteiger partial charge < -0.3 is 9.84 Å². The number of rotatable bonds is 3. The maximum absolute atomic E-state index is 10.5. The van der Waals surface area contributed by atoms with Gasteiger partial charge in [0, 0.05) is 11.6 Å². The molecule has 0 saturated heterocycles. The Labute approximate surface area is 128 Å². The first kappa shape index (κ1) is 15.2. The minimum atomic E-state index is -0.815. The molecule has 0 radical (unpaired) electrons. The van der Waals surface area contributed by atoms with Crippen molar-refractivity contribution in [3.63, 3.8) is 0 Å². The molecular weight excluding hydrogens is 295 g/mol. The van der Waals surface area contributed by atoms with E-state index in [4.69, 9.17) is 27.9 Å². The number of hydrogen-bond acceptors (Lipinski definition) is 2. The molecule has 0 aliphatic heterocycles. The second-order valence-corrected chi connectivity index (χ2v) is 5.65. The summed E-state index contributed by atoms with van der Waals surface area (Å²) in [5.41, 5.74) is 3.55. The molecule has 0 bridgehead atoms. The molecule has 0 heterocycles. The van der Waals surface area contributed by atoms with Gasteiger partial charge in [-0.2, -0.15) is 0 Å². The second kappa shape index (κ2) is 6.04. The monoisotopic (exact) mass is 310 g/mol. The number of aliphatic hydroxyl groups is 1. The number of aliphatic hydroxyl groups excluding tert-OH is 1. The smallest absolute Gasteiger partial charge is 0.138 e. The van der Waals surface area contributed by atoms with Gasteiger partial charge in [0.15, 0.2) is 0 Å². The van der Waals surface area contributed by atoms with Gasteiger partial charge in [-0.3, -0.25) is 0 Å². The lowest BCUT2D eigenvalue weighted by Crippen LogP contribution is -2.02. The van der Waals surface area contributed by atoms with Crippen LogP contribution in [0.1, 0.15) is 28.4 Å². The summed E-state index contributed by atoms with van der Waals surface area (Å²) in [7, 11) is 1.53. The van der Waals surface area contributed by atoms with Crippen LogP contribution in [-0.4, -0.2) is 12.2 Å². The van der Waals surface area contributed by atoms with Gasteiger partial charge in [-0.25, -0.2) is 0 Å². The van der Waals surface area contributed by atoms with Crippen molar-refractivity contribution in [1.29, 1.82) is 0 Å². The molecule has 1 N–H and O–H groups in total. The molecular formula is C16H16Cl2O2. The van der Waals surface area contributed by atoms with Gasteiger partial charge in [-0.1, -0.05) is 52.5 Å². The Morgan fingerprint density at radius 1 is 0.950 bits per heavy atom. The fraction of sp³-hybridized carbons (Fsp3) is 0.250. The first-order valence-electron chi connectivity index (χ1n) is 6.21. The highest BCUT2D eigenvalue weighted by Gasteiger charge is 2.17. The van der Waals surface area contributed by atoms with E-state index in [2.05, 4.69) is 6.07 Å². The summed E-state index contributed by atoms with van der Waals surface area (Å²) in [5.74, 6) is 0.494. The number of hydrogen-bond donors (Lipinski definition) is 1. The largest absolute Gasteiger partial charge is 0.495 e. The van der Waals surface area contributed by atoms with Crippen LogP contribution >= 0.6 is 23.2 Å². The van der Waals surface area contributed by atoms with E-state index < -0.39 is 6.10 Å². The van der Waals surface area contributed by atoms with Crippen molar-refractivity contribution < 1.29 is 9.84 Å². The van der Waals surface area contributed by atoms with Crippen LogP contribution in [0.25, 0.3) is 0 Å². The number of methoxy groups -OCH3 is 1. The normalized spacial score (nSPS) is 12.3. The maximum Gasteiger partial charge on any atom is 0.138 e. The summed E-state index contributed by atoms with van der Waals surface area (Å²) >= 11 is 12.3. The molecule has 2 rings (SSSR count). The average Bonchev–Trinajstić information content (AvgIpc) is 2.39. The molecule has 0 aliphatic carbocycles. The Morgan fingerprint density at radius 3 is 2.10 bits per heavy atom. The predicted molar refractivity (Wildman–Crippen MR) is 83.0 cm³/mol. The molecule has 0 aliphatic rings. The SMILES string of the molecule is COc1cc(Cl)c(C(O)c2cc(C)cc(C)c2)cc1Cl. The van der Waals surface area contributed by atoms with E-state index in [0.717, 1.165) is 16.7 Å². The number of ether oxygens (including phenoxy) is 1. The van der Waals surface area contributed by atoms with Crippen molar-refractivity contribution in [2.45, 2.75) is 20.0 Å². The Bertz CT molecular complexity index is 618. The number of halogens is 2. The highest BCUT2D eigenvalue weighted by molar-refractivity contribution is 6.34. The van der Waals surface area contributed by atoms with Crippen LogP contribution in [0.15, 0.2) is 30.3 Å². The molecule has 1 unspecified atom stereocenters. The van der Waals surface area contributed by atoms with Gasteiger partial charge >= 0.3 is 0 Å². The minimum Gasteiger partial charge on any atom is -0.495 e. The van der Waals surface area contributed by atoms with Crippen LogP contribution in [0.5, 0.6) is 5.75 Å². The average molecular weight is 311 g/mol. The molecule has 0 amide bonds. The van der Waals surface area contributed by atoms with Crippen molar-refractivity contribution in [1.82, 2.24) is 0 Å². The van der Waals surface area contributed by atoms with Crippen molar-refractivity contribution in [3.05, 3.63) is 62.6 Å².